The highest BCUT2D eigenvalue weighted by atomic mass is 79.9. The summed E-state index contributed by atoms with van der Waals surface area (Å²) in [5.74, 6) is -1.13. The molecule has 0 heterocycles. The molecule has 0 aliphatic heterocycles. The van der Waals surface area contributed by atoms with Gasteiger partial charge in [0.25, 0.3) is 0 Å². The highest BCUT2D eigenvalue weighted by molar-refractivity contribution is 9.10. The minimum Gasteiger partial charge on any atom is -0.486 e. The number of hydrogen-bond acceptors (Lipinski definition) is 2. The molecule has 0 aromatic heterocycles. The summed E-state index contributed by atoms with van der Waals surface area (Å²) in [6.45, 7) is 1.47. The Labute approximate surface area is 123 Å². The van der Waals surface area contributed by atoms with Crippen LogP contribution in [0, 0.1) is 11.6 Å². The van der Waals surface area contributed by atoms with E-state index >= 15 is 0 Å². The Morgan fingerprint density at radius 1 is 1.15 bits per heavy atom. The van der Waals surface area contributed by atoms with Crippen LogP contribution in [0.4, 0.5) is 8.78 Å². The van der Waals surface area contributed by atoms with Gasteiger partial charge in [0.05, 0.1) is 4.47 Å². The summed E-state index contributed by atoms with van der Waals surface area (Å²) in [5.41, 5.74) is 0.993. The lowest BCUT2D eigenvalue weighted by atomic mass is 10.1. The lowest BCUT2D eigenvalue weighted by Gasteiger charge is -2.08. The molecular weight excluding hydrogens is 330 g/mol. The first-order valence-corrected chi connectivity index (χ1v) is 6.64. The first-order valence-electron chi connectivity index (χ1n) is 5.84. The second-order valence-corrected chi connectivity index (χ2v) is 5.09. The Bertz CT molecular complexity index is 656. The SMILES string of the molecule is CC(=O)c1ccc(OCc2ccc(F)c(Br)c2)c(F)c1. The molecular formula is C15H11BrF2O2. The second-order valence-electron chi connectivity index (χ2n) is 4.24. The number of rotatable bonds is 4. The van der Waals surface area contributed by atoms with Crippen LogP contribution in [0.15, 0.2) is 40.9 Å². The molecule has 2 rings (SSSR count). The Hall–Kier alpha value is -1.75. The smallest absolute Gasteiger partial charge is 0.165 e. The van der Waals surface area contributed by atoms with Crippen molar-refractivity contribution in [2.75, 3.05) is 0 Å². The van der Waals surface area contributed by atoms with E-state index in [0.717, 1.165) is 6.07 Å². The van der Waals surface area contributed by atoms with Gasteiger partial charge >= 0.3 is 0 Å². The van der Waals surface area contributed by atoms with E-state index < -0.39 is 5.82 Å². The van der Waals surface area contributed by atoms with Crippen molar-refractivity contribution < 1.29 is 18.3 Å². The van der Waals surface area contributed by atoms with Gasteiger partial charge in [0.15, 0.2) is 17.3 Å². The van der Waals surface area contributed by atoms with Crippen LogP contribution < -0.4 is 4.74 Å². The van der Waals surface area contributed by atoms with Crippen LogP contribution >= 0.6 is 15.9 Å². The highest BCUT2D eigenvalue weighted by Gasteiger charge is 2.08. The van der Waals surface area contributed by atoms with Crippen molar-refractivity contribution in [3.05, 3.63) is 63.6 Å². The van der Waals surface area contributed by atoms with Crippen LogP contribution in [0.2, 0.25) is 0 Å². The molecule has 0 radical (unpaired) electrons. The molecule has 0 bridgehead atoms. The van der Waals surface area contributed by atoms with E-state index in [0.29, 0.717) is 15.6 Å². The second kappa shape index (κ2) is 6.13. The molecule has 0 N–H and O–H groups in total. The average Bonchev–Trinajstić information content (AvgIpc) is 2.41. The Balaban J connectivity index is 2.10. The zero-order chi connectivity index (χ0) is 14.7. The van der Waals surface area contributed by atoms with Gasteiger partial charge in [-0.2, -0.15) is 0 Å². The van der Waals surface area contributed by atoms with Crippen LogP contribution in [-0.2, 0) is 6.61 Å². The molecule has 0 atom stereocenters. The number of ketones is 1. The maximum absolute atomic E-state index is 13.7. The van der Waals surface area contributed by atoms with Gasteiger partial charge in [-0.25, -0.2) is 8.78 Å². The molecule has 2 aromatic rings. The summed E-state index contributed by atoms with van der Waals surface area (Å²) in [6, 6.07) is 8.47. The summed E-state index contributed by atoms with van der Waals surface area (Å²) < 4.78 is 32.4. The van der Waals surface area contributed by atoms with Gasteiger partial charge < -0.3 is 4.74 Å². The van der Waals surface area contributed by atoms with E-state index in [9.17, 15) is 13.6 Å². The zero-order valence-electron chi connectivity index (χ0n) is 10.6. The number of carbonyl (C=O) groups is 1. The Kier molecular flexibility index (Phi) is 4.49. The van der Waals surface area contributed by atoms with E-state index in [1.165, 1.54) is 25.1 Å². The first kappa shape index (κ1) is 14.7. The molecule has 5 heteroatoms. The van der Waals surface area contributed by atoms with Crippen molar-refractivity contribution in [2.24, 2.45) is 0 Å². The summed E-state index contributed by atoms with van der Waals surface area (Å²) in [5, 5.41) is 0. The van der Waals surface area contributed by atoms with E-state index in [1.54, 1.807) is 12.1 Å². The van der Waals surface area contributed by atoms with Gasteiger partial charge in [-0.3, -0.25) is 4.79 Å². The third-order valence-electron chi connectivity index (χ3n) is 2.72. The molecule has 0 spiro atoms. The predicted molar refractivity (Wildman–Crippen MR) is 74.8 cm³/mol. The van der Waals surface area contributed by atoms with Crippen LogP contribution in [0.1, 0.15) is 22.8 Å². The fourth-order valence-corrected chi connectivity index (χ4v) is 2.05. The molecule has 104 valence electrons. The summed E-state index contributed by atoms with van der Waals surface area (Å²) in [6.07, 6.45) is 0. The quantitative estimate of drug-likeness (QED) is 0.765. The summed E-state index contributed by atoms with van der Waals surface area (Å²) in [4.78, 5) is 11.1. The number of ether oxygens (including phenoxy) is 1. The molecule has 20 heavy (non-hydrogen) atoms. The standard InChI is InChI=1S/C15H11BrF2O2/c1-9(19)11-3-5-15(14(18)7-11)20-8-10-2-4-13(17)12(16)6-10/h2-7H,8H2,1H3. The van der Waals surface area contributed by atoms with Crippen LogP contribution in [0.5, 0.6) is 5.75 Å². The van der Waals surface area contributed by atoms with Gasteiger partial charge in [0, 0.05) is 5.56 Å². The third-order valence-corrected chi connectivity index (χ3v) is 3.32. The van der Waals surface area contributed by atoms with E-state index in [-0.39, 0.29) is 24.0 Å². The fraction of sp³-hybridized carbons (Fsp3) is 0.133. The zero-order valence-corrected chi connectivity index (χ0v) is 12.2. The van der Waals surface area contributed by atoms with Gasteiger partial charge in [-0.15, -0.1) is 0 Å². The molecule has 0 fully saturated rings. The fourth-order valence-electron chi connectivity index (χ4n) is 1.63. The van der Waals surface area contributed by atoms with Gasteiger partial charge in [0.1, 0.15) is 12.4 Å². The number of benzene rings is 2. The Morgan fingerprint density at radius 2 is 1.90 bits per heavy atom. The van der Waals surface area contributed by atoms with E-state index in [1.807, 2.05) is 0 Å². The van der Waals surface area contributed by atoms with Crippen molar-refractivity contribution in [3.63, 3.8) is 0 Å². The molecule has 2 nitrogen and oxygen atoms in total. The van der Waals surface area contributed by atoms with Crippen molar-refractivity contribution >= 4 is 21.7 Å². The van der Waals surface area contributed by atoms with E-state index in [2.05, 4.69) is 15.9 Å². The Morgan fingerprint density at radius 3 is 2.50 bits per heavy atom. The monoisotopic (exact) mass is 340 g/mol. The molecule has 0 unspecified atom stereocenters. The molecule has 0 aliphatic carbocycles. The van der Waals surface area contributed by atoms with Crippen molar-refractivity contribution in [2.45, 2.75) is 13.5 Å². The molecule has 2 aromatic carbocycles. The lowest BCUT2D eigenvalue weighted by molar-refractivity contribution is 0.101. The van der Waals surface area contributed by atoms with Gasteiger partial charge in [0.2, 0.25) is 0 Å². The maximum atomic E-state index is 13.7. The van der Waals surface area contributed by atoms with Gasteiger partial charge in [-0.05, 0) is 58.7 Å². The van der Waals surface area contributed by atoms with Crippen molar-refractivity contribution in [1.29, 1.82) is 0 Å². The highest BCUT2D eigenvalue weighted by Crippen LogP contribution is 2.22. The van der Waals surface area contributed by atoms with Crippen molar-refractivity contribution in [3.8, 4) is 5.75 Å². The molecule has 0 saturated carbocycles. The molecule has 0 aliphatic rings. The predicted octanol–water partition coefficient (Wildman–Crippen LogP) is 4.51. The topological polar surface area (TPSA) is 26.3 Å². The number of Topliss-reactive ketones (excluding diaryl/α,β-unsaturated/α-hetero) is 1. The summed E-state index contributed by atoms with van der Waals surface area (Å²) >= 11 is 3.07. The normalized spacial score (nSPS) is 10.4. The minimum atomic E-state index is -0.598. The molecule has 0 amide bonds. The van der Waals surface area contributed by atoms with Gasteiger partial charge in [-0.1, -0.05) is 6.07 Å². The van der Waals surface area contributed by atoms with Crippen LogP contribution in [0.3, 0.4) is 0 Å². The third kappa shape index (κ3) is 3.42. The number of hydrogen-bond donors (Lipinski definition) is 0. The van der Waals surface area contributed by atoms with E-state index in [4.69, 9.17) is 4.74 Å². The maximum Gasteiger partial charge on any atom is 0.165 e. The van der Waals surface area contributed by atoms with Crippen LogP contribution in [-0.4, -0.2) is 5.78 Å². The lowest BCUT2D eigenvalue weighted by Crippen LogP contribution is -2.00. The average molecular weight is 341 g/mol. The van der Waals surface area contributed by atoms with Crippen molar-refractivity contribution in [1.82, 2.24) is 0 Å². The first-order chi connectivity index (χ1) is 9.47. The largest absolute Gasteiger partial charge is 0.486 e. The number of halogens is 3. The van der Waals surface area contributed by atoms with Crippen LogP contribution in [0.25, 0.3) is 0 Å². The molecule has 0 saturated heterocycles. The minimum absolute atomic E-state index is 0.0513. The number of carbonyl (C=O) groups excluding carboxylic acids is 1. The summed E-state index contributed by atoms with van der Waals surface area (Å²) in [7, 11) is 0.